The molecule has 1 aromatic rings. The van der Waals surface area contributed by atoms with Crippen molar-refractivity contribution < 1.29 is 13.7 Å². The van der Waals surface area contributed by atoms with Gasteiger partial charge in [-0.15, -0.1) is 0 Å². The highest BCUT2D eigenvalue weighted by atomic mass is 32.1. The van der Waals surface area contributed by atoms with Gasteiger partial charge in [0, 0.05) is 19.5 Å². The first-order valence-electron chi connectivity index (χ1n) is 7.55. The average molecular weight is 324 g/mol. The van der Waals surface area contributed by atoms with Crippen molar-refractivity contribution in [3.05, 3.63) is 23.3 Å². The maximum absolute atomic E-state index is 11.1. The molecule has 0 bridgehead atoms. The zero-order valence-corrected chi connectivity index (χ0v) is 14.1. The van der Waals surface area contributed by atoms with Crippen molar-refractivity contribution in [3.63, 3.8) is 0 Å². The van der Waals surface area contributed by atoms with Crippen LogP contribution < -0.4 is 10.5 Å². The number of benzene rings is 1. The maximum atomic E-state index is 11.1. The van der Waals surface area contributed by atoms with Gasteiger partial charge in [0.2, 0.25) is 0 Å². The second-order valence-electron chi connectivity index (χ2n) is 5.78. The number of ether oxygens (including phenoxy) is 1. The van der Waals surface area contributed by atoms with Gasteiger partial charge in [0.05, 0.1) is 19.2 Å². The molecular weight excluding hydrogens is 300 g/mol. The molecule has 1 aliphatic rings. The number of hydrogen-bond acceptors (Lipinski definition) is 6. The van der Waals surface area contributed by atoms with E-state index >= 15 is 0 Å². The third kappa shape index (κ3) is 4.08. The second-order valence-corrected chi connectivity index (χ2v) is 5.96. The lowest BCUT2D eigenvalue weighted by atomic mass is 9.86. The van der Waals surface area contributed by atoms with Crippen molar-refractivity contribution in [2.24, 2.45) is 0 Å². The minimum Gasteiger partial charge on any atom is -0.495 e. The van der Waals surface area contributed by atoms with Crippen molar-refractivity contribution in [3.8, 4) is 5.75 Å². The summed E-state index contributed by atoms with van der Waals surface area (Å²) < 4.78 is 9.72. The van der Waals surface area contributed by atoms with Gasteiger partial charge in [-0.2, -0.15) is 0 Å². The van der Waals surface area contributed by atoms with Crippen LogP contribution in [0.2, 0.25) is 0 Å². The SMILES string of the molecule is COc1cc(C2CCN(CCC(=O)OS)CC2)c(C)cc1N. The number of anilines is 1. The maximum Gasteiger partial charge on any atom is 0.318 e. The molecule has 22 heavy (non-hydrogen) atoms. The van der Waals surface area contributed by atoms with Crippen molar-refractivity contribution >= 4 is 24.6 Å². The summed E-state index contributed by atoms with van der Waals surface area (Å²) in [7, 11) is 1.65. The van der Waals surface area contributed by atoms with Crippen LogP contribution in [0.4, 0.5) is 5.69 Å². The number of thiol groups is 1. The quantitative estimate of drug-likeness (QED) is 0.495. The number of nitrogens with zero attached hydrogens (tertiary/aromatic N) is 1. The van der Waals surface area contributed by atoms with Gasteiger partial charge in [0.15, 0.2) is 0 Å². The Morgan fingerprint density at radius 3 is 2.68 bits per heavy atom. The Kier molecular flexibility index (Phi) is 5.97. The van der Waals surface area contributed by atoms with E-state index in [4.69, 9.17) is 10.5 Å². The molecule has 6 heteroatoms. The molecule has 0 saturated carbocycles. The molecule has 0 aliphatic carbocycles. The lowest BCUT2D eigenvalue weighted by molar-refractivity contribution is -0.133. The first-order valence-corrected chi connectivity index (χ1v) is 7.92. The molecule has 5 nitrogen and oxygen atoms in total. The molecular formula is C16H24N2O3S. The third-order valence-corrected chi connectivity index (χ3v) is 4.58. The van der Waals surface area contributed by atoms with E-state index in [1.54, 1.807) is 7.11 Å². The molecule has 2 N–H and O–H groups in total. The van der Waals surface area contributed by atoms with Gasteiger partial charge in [-0.3, -0.25) is 4.79 Å². The number of hydrogen-bond donors (Lipinski definition) is 2. The Morgan fingerprint density at radius 2 is 2.09 bits per heavy atom. The summed E-state index contributed by atoms with van der Waals surface area (Å²) in [6.07, 6.45) is 2.54. The highest BCUT2D eigenvalue weighted by Crippen LogP contribution is 2.35. The molecule has 1 saturated heterocycles. The standard InChI is InChI=1S/C16H24N2O3S/c1-11-9-14(17)15(20-2)10-13(11)12-3-6-18(7-4-12)8-5-16(19)21-22/h9-10,12,22H,3-8,17H2,1-2H3. The lowest BCUT2D eigenvalue weighted by Gasteiger charge is -2.32. The molecule has 1 aromatic carbocycles. The van der Waals surface area contributed by atoms with Crippen LogP contribution in [0.1, 0.15) is 36.3 Å². The average Bonchev–Trinajstić information content (AvgIpc) is 2.53. The minimum atomic E-state index is -0.274. The Labute approximate surface area is 137 Å². The van der Waals surface area contributed by atoms with Crippen LogP contribution in [0.5, 0.6) is 5.75 Å². The van der Waals surface area contributed by atoms with Crippen LogP contribution in [-0.4, -0.2) is 37.6 Å². The molecule has 2 rings (SSSR count). The molecule has 0 unspecified atom stereocenters. The van der Waals surface area contributed by atoms with Crippen LogP contribution in [0, 0.1) is 6.92 Å². The van der Waals surface area contributed by atoms with E-state index < -0.39 is 0 Å². The Bertz CT molecular complexity index is 528. The summed E-state index contributed by atoms with van der Waals surface area (Å²) >= 11 is 3.52. The van der Waals surface area contributed by atoms with Crippen molar-refractivity contribution in [2.75, 3.05) is 32.5 Å². The number of carbonyl (C=O) groups is 1. The molecule has 122 valence electrons. The largest absolute Gasteiger partial charge is 0.495 e. The van der Waals surface area contributed by atoms with Gasteiger partial charge in [-0.1, -0.05) is 0 Å². The number of nitrogens with two attached hydrogens (primary N) is 1. The van der Waals surface area contributed by atoms with Crippen LogP contribution in [0.25, 0.3) is 0 Å². The predicted molar refractivity (Wildman–Crippen MR) is 90.3 cm³/mol. The number of rotatable bonds is 5. The van der Waals surface area contributed by atoms with Crippen molar-refractivity contribution in [1.29, 1.82) is 0 Å². The number of nitrogen functional groups attached to an aromatic ring is 1. The normalized spacial score (nSPS) is 16.5. The summed E-state index contributed by atoms with van der Waals surface area (Å²) in [6, 6.07) is 4.06. The zero-order chi connectivity index (χ0) is 16.1. The smallest absolute Gasteiger partial charge is 0.318 e. The molecule has 0 radical (unpaired) electrons. The van der Waals surface area contributed by atoms with E-state index in [9.17, 15) is 4.79 Å². The van der Waals surface area contributed by atoms with E-state index in [-0.39, 0.29) is 5.97 Å². The lowest BCUT2D eigenvalue weighted by Crippen LogP contribution is -2.34. The highest BCUT2D eigenvalue weighted by molar-refractivity contribution is 7.75. The Hall–Kier alpha value is -1.40. The number of piperidine rings is 1. The second kappa shape index (κ2) is 7.74. The zero-order valence-electron chi connectivity index (χ0n) is 13.2. The molecule has 1 fully saturated rings. The van der Waals surface area contributed by atoms with Crippen LogP contribution in [0.15, 0.2) is 12.1 Å². The Morgan fingerprint density at radius 1 is 1.41 bits per heavy atom. The monoisotopic (exact) mass is 324 g/mol. The van der Waals surface area contributed by atoms with E-state index in [1.165, 1.54) is 11.1 Å². The molecule has 1 heterocycles. The van der Waals surface area contributed by atoms with Gasteiger partial charge >= 0.3 is 5.97 Å². The van der Waals surface area contributed by atoms with Crippen molar-refractivity contribution in [1.82, 2.24) is 4.90 Å². The summed E-state index contributed by atoms with van der Waals surface area (Å²) in [5, 5.41) is 0. The Balaban J connectivity index is 1.95. The minimum absolute atomic E-state index is 0.274. The van der Waals surface area contributed by atoms with Crippen LogP contribution >= 0.6 is 12.9 Å². The molecule has 0 spiro atoms. The van der Waals surface area contributed by atoms with Gasteiger partial charge in [-0.25, -0.2) is 0 Å². The first-order chi connectivity index (χ1) is 10.5. The van der Waals surface area contributed by atoms with E-state index in [0.29, 0.717) is 18.0 Å². The third-order valence-electron chi connectivity index (χ3n) is 4.38. The number of aryl methyl sites for hydroxylation is 1. The molecule has 0 aromatic heterocycles. The van der Waals surface area contributed by atoms with Gasteiger partial charge < -0.3 is 19.6 Å². The number of likely N-dealkylation sites (tertiary alicyclic amines) is 1. The summed E-state index contributed by atoms with van der Waals surface area (Å²) in [6.45, 7) is 4.80. The van der Waals surface area contributed by atoms with E-state index in [2.05, 4.69) is 35.0 Å². The predicted octanol–water partition coefficient (Wildman–Crippen LogP) is 2.54. The fraction of sp³-hybridized carbons (Fsp3) is 0.562. The van der Waals surface area contributed by atoms with Crippen LogP contribution in [0.3, 0.4) is 0 Å². The topological polar surface area (TPSA) is 64.8 Å². The van der Waals surface area contributed by atoms with E-state index in [0.717, 1.165) is 38.2 Å². The van der Waals surface area contributed by atoms with Gasteiger partial charge in [-0.05, 0) is 62.0 Å². The fourth-order valence-electron chi connectivity index (χ4n) is 3.11. The van der Waals surface area contributed by atoms with Gasteiger partial charge in [0.1, 0.15) is 5.75 Å². The highest BCUT2D eigenvalue weighted by Gasteiger charge is 2.23. The molecule has 0 amide bonds. The summed E-state index contributed by atoms with van der Waals surface area (Å²) in [5.41, 5.74) is 9.17. The van der Waals surface area contributed by atoms with Crippen LogP contribution in [-0.2, 0) is 8.98 Å². The summed E-state index contributed by atoms with van der Waals surface area (Å²) in [4.78, 5) is 13.4. The molecule has 0 atom stereocenters. The van der Waals surface area contributed by atoms with E-state index in [1.807, 2.05) is 6.07 Å². The fourth-order valence-corrected chi connectivity index (χ4v) is 3.20. The first kappa shape index (κ1) is 17.0. The number of carbonyl (C=O) groups excluding carboxylic acids is 1. The number of methoxy groups -OCH3 is 1. The van der Waals surface area contributed by atoms with Gasteiger partial charge in [0.25, 0.3) is 0 Å². The van der Waals surface area contributed by atoms with Crippen molar-refractivity contribution in [2.45, 2.75) is 32.1 Å². The summed E-state index contributed by atoms with van der Waals surface area (Å²) in [5.74, 6) is 0.992. The molecule has 1 aliphatic heterocycles.